The summed E-state index contributed by atoms with van der Waals surface area (Å²) in [7, 11) is -16.9. The lowest BCUT2D eigenvalue weighted by Crippen LogP contribution is -2.55. The molecule has 4 rings (SSSR count). The van der Waals surface area contributed by atoms with E-state index in [2.05, 4.69) is 23.6 Å². The molecular formula is C13H20N5O14P3. The van der Waals surface area contributed by atoms with Crippen LogP contribution in [0.25, 0.3) is 11.2 Å². The molecule has 2 fully saturated rings. The average molecular weight is 563 g/mol. The number of imidazole rings is 1. The van der Waals surface area contributed by atoms with E-state index in [-0.39, 0.29) is 30.1 Å². The number of ether oxygens (including phenoxy) is 2. The number of aliphatic hydroxyl groups is 1. The van der Waals surface area contributed by atoms with E-state index in [4.69, 9.17) is 29.5 Å². The van der Waals surface area contributed by atoms with E-state index in [9.17, 15) is 33.4 Å². The molecule has 4 heterocycles. The van der Waals surface area contributed by atoms with Gasteiger partial charge in [-0.3, -0.25) is 18.9 Å². The zero-order valence-corrected chi connectivity index (χ0v) is 20.2. The first-order valence-corrected chi connectivity index (χ1v) is 14.1. The monoisotopic (exact) mass is 563 g/mol. The summed E-state index contributed by atoms with van der Waals surface area (Å²) in [5.41, 5.74) is 3.12. The summed E-state index contributed by atoms with van der Waals surface area (Å²) < 4.78 is 59.9. The molecule has 0 aliphatic carbocycles. The third-order valence-electron chi connectivity index (χ3n) is 5.36. The number of rotatable bonds is 8. The van der Waals surface area contributed by atoms with Gasteiger partial charge in [-0.2, -0.15) is 13.6 Å². The number of aliphatic hydroxyl groups excluding tert-OH is 1. The third-order valence-corrected chi connectivity index (χ3v) is 9.27. The van der Waals surface area contributed by atoms with Gasteiger partial charge in [-0.25, -0.2) is 18.7 Å². The van der Waals surface area contributed by atoms with Crippen LogP contribution in [0.5, 0.6) is 0 Å². The van der Waals surface area contributed by atoms with E-state index < -0.39 is 59.2 Å². The lowest BCUT2D eigenvalue weighted by molar-refractivity contribution is -0.168. The van der Waals surface area contributed by atoms with Crippen molar-refractivity contribution in [1.82, 2.24) is 19.5 Å². The molecule has 0 amide bonds. The molecule has 7 unspecified atom stereocenters. The van der Waals surface area contributed by atoms with Crippen molar-refractivity contribution in [2.75, 3.05) is 12.3 Å². The van der Waals surface area contributed by atoms with Crippen LogP contribution in [0.2, 0.25) is 0 Å². The summed E-state index contributed by atoms with van der Waals surface area (Å²) >= 11 is 0. The maximum atomic E-state index is 12.3. The second kappa shape index (κ2) is 8.78. The first-order valence-electron chi connectivity index (χ1n) is 9.56. The van der Waals surface area contributed by atoms with Gasteiger partial charge in [0.05, 0.1) is 19.0 Å². The molecule has 2 bridgehead atoms. The second-order valence-corrected chi connectivity index (χ2v) is 12.0. The quantitative estimate of drug-likeness (QED) is 0.187. The summed E-state index contributed by atoms with van der Waals surface area (Å²) in [5, 5.41) is 10.9. The Morgan fingerprint density at radius 1 is 1.26 bits per heavy atom. The Balaban J connectivity index is 1.61. The molecular weight excluding hydrogens is 543 g/mol. The number of aromatic nitrogens is 4. The Bertz CT molecular complexity index is 1340. The van der Waals surface area contributed by atoms with Crippen LogP contribution in [0.4, 0.5) is 5.95 Å². The number of nitrogens with zero attached hydrogens (tertiary/aromatic N) is 3. The molecule has 0 aromatic carbocycles. The highest BCUT2D eigenvalue weighted by Crippen LogP contribution is 2.67. The minimum atomic E-state index is -5.75. The number of phosphoric acid groups is 3. The molecule has 0 saturated carbocycles. The predicted octanol–water partition coefficient (Wildman–Crippen LogP) is -1.15. The number of hydrogen-bond acceptors (Lipinski definition) is 13. The fourth-order valence-electron chi connectivity index (χ4n) is 4.00. The van der Waals surface area contributed by atoms with Crippen molar-refractivity contribution >= 4 is 40.6 Å². The fraction of sp³-hybridized carbons (Fsp3) is 0.615. The molecule has 2 aromatic rings. The van der Waals surface area contributed by atoms with Crippen molar-refractivity contribution in [3.8, 4) is 0 Å². The van der Waals surface area contributed by atoms with E-state index in [1.807, 2.05) is 0 Å². The summed E-state index contributed by atoms with van der Waals surface area (Å²) in [4.78, 5) is 58.9. The van der Waals surface area contributed by atoms with E-state index in [0.717, 1.165) is 0 Å². The minimum absolute atomic E-state index is 0.00436. The molecule has 7 atom stereocenters. The van der Waals surface area contributed by atoms with Crippen LogP contribution < -0.4 is 11.3 Å². The van der Waals surface area contributed by atoms with E-state index in [1.165, 1.54) is 17.8 Å². The third kappa shape index (κ3) is 5.14. The van der Waals surface area contributed by atoms with Crippen molar-refractivity contribution in [2.45, 2.75) is 43.5 Å². The fourth-order valence-corrected chi connectivity index (χ4v) is 7.24. The molecule has 2 aromatic heterocycles. The van der Waals surface area contributed by atoms with E-state index in [1.54, 1.807) is 0 Å². The van der Waals surface area contributed by atoms with Crippen LogP contribution in [-0.4, -0.2) is 74.7 Å². The summed E-state index contributed by atoms with van der Waals surface area (Å²) in [5.74, 6) is -0.220. The van der Waals surface area contributed by atoms with Gasteiger partial charge in [0.1, 0.15) is 17.8 Å². The summed E-state index contributed by atoms with van der Waals surface area (Å²) in [6.07, 6.45) is -4.21. The Kier molecular flexibility index (Phi) is 6.65. The molecule has 2 aliphatic heterocycles. The van der Waals surface area contributed by atoms with Gasteiger partial charge in [0.2, 0.25) is 5.95 Å². The maximum absolute atomic E-state index is 12.3. The lowest BCUT2D eigenvalue weighted by Gasteiger charge is -2.39. The van der Waals surface area contributed by atoms with Crippen molar-refractivity contribution in [3.05, 3.63) is 16.7 Å². The van der Waals surface area contributed by atoms with Crippen LogP contribution in [-0.2, 0) is 36.3 Å². The van der Waals surface area contributed by atoms with Crippen molar-refractivity contribution in [3.63, 3.8) is 0 Å². The first-order chi connectivity index (χ1) is 16.0. The topological polar surface area (TPSA) is 288 Å². The van der Waals surface area contributed by atoms with Crippen LogP contribution in [0, 0.1) is 0 Å². The zero-order chi connectivity index (χ0) is 26.0. The van der Waals surface area contributed by atoms with E-state index >= 15 is 0 Å². The minimum Gasteiger partial charge on any atom is -0.387 e. The highest BCUT2D eigenvalue weighted by atomic mass is 31.3. The molecule has 0 radical (unpaired) electrons. The van der Waals surface area contributed by atoms with Gasteiger partial charge in [-0.05, 0) is 6.92 Å². The number of aromatic amines is 1. The Morgan fingerprint density at radius 3 is 2.60 bits per heavy atom. The average Bonchev–Trinajstić information content (AvgIpc) is 3.11. The van der Waals surface area contributed by atoms with Crippen molar-refractivity contribution in [1.29, 1.82) is 0 Å². The number of hydrogen-bond donors (Lipinski definition) is 7. The van der Waals surface area contributed by atoms with Crippen LogP contribution in [0.15, 0.2) is 11.1 Å². The molecule has 2 aliphatic rings. The van der Waals surface area contributed by atoms with Gasteiger partial charge in [-0.1, -0.05) is 0 Å². The molecule has 0 spiro atoms. The second-order valence-electron chi connectivity index (χ2n) is 7.61. The Labute approximate surface area is 194 Å². The first kappa shape index (κ1) is 26.5. The molecule has 196 valence electrons. The normalized spacial score (nSPS) is 31.2. The summed E-state index contributed by atoms with van der Waals surface area (Å²) in [6, 6.07) is 0. The Hall–Kier alpha value is -1.56. The zero-order valence-electron chi connectivity index (χ0n) is 17.5. The SMILES string of the molecule is CC(OP(=O)(O)OP(=O)(O)OP(=O)(O)O)C12CCOC(C(n3cnc4c(=O)[nH]c(N)nc43)O1)C2O. The summed E-state index contributed by atoms with van der Waals surface area (Å²) in [6.45, 7) is 1.16. The molecule has 8 N–H and O–H groups in total. The van der Waals surface area contributed by atoms with Gasteiger partial charge < -0.3 is 39.9 Å². The van der Waals surface area contributed by atoms with Gasteiger partial charge in [0, 0.05) is 6.42 Å². The standard InChI is InChI=1S/C13H20N5O14P3/c1-5(30-34(24,25)32-35(26,27)31-33(21,22)23)13-2-3-28-7(8(13)19)11(29-13)18-4-15-6-9(18)16-12(14)17-10(6)20/h4-5,7-8,11,19H,2-3H2,1H3,(H,24,25)(H,26,27)(H2,21,22,23)(H3,14,16,17,20). The van der Waals surface area contributed by atoms with Crippen molar-refractivity contribution < 1.29 is 61.0 Å². The molecule has 22 heteroatoms. The smallest absolute Gasteiger partial charge is 0.387 e. The number of nitrogen functional groups attached to an aromatic ring is 1. The largest absolute Gasteiger partial charge is 0.490 e. The highest BCUT2D eigenvalue weighted by Gasteiger charge is 2.62. The number of phosphoric ester groups is 1. The maximum Gasteiger partial charge on any atom is 0.490 e. The van der Waals surface area contributed by atoms with E-state index in [0.29, 0.717) is 0 Å². The van der Waals surface area contributed by atoms with Gasteiger partial charge in [0.15, 0.2) is 17.4 Å². The van der Waals surface area contributed by atoms with Gasteiger partial charge >= 0.3 is 23.5 Å². The molecule has 2 saturated heterocycles. The van der Waals surface area contributed by atoms with Crippen molar-refractivity contribution in [2.24, 2.45) is 0 Å². The number of nitrogens with two attached hydrogens (primary N) is 1. The lowest BCUT2D eigenvalue weighted by atomic mass is 9.85. The van der Waals surface area contributed by atoms with Gasteiger partial charge in [-0.15, -0.1) is 0 Å². The number of anilines is 1. The predicted molar refractivity (Wildman–Crippen MR) is 110 cm³/mol. The van der Waals surface area contributed by atoms with Crippen LogP contribution in [0.3, 0.4) is 0 Å². The number of fused-ring (bicyclic) bond motifs is 3. The molecule has 19 nitrogen and oxygen atoms in total. The number of H-pyrrole nitrogens is 1. The van der Waals surface area contributed by atoms with Gasteiger partial charge in [0.25, 0.3) is 5.56 Å². The Morgan fingerprint density at radius 2 is 1.94 bits per heavy atom. The van der Waals surface area contributed by atoms with Crippen LogP contribution >= 0.6 is 23.5 Å². The highest BCUT2D eigenvalue weighted by molar-refractivity contribution is 7.66. The van der Waals surface area contributed by atoms with Crippen LogP contribution in [0.1, 0.15) is 19.6 Å². The number of nitrogens with one attached hydrogen (secondary N) is 1. The molecule has 35 heavy (non-hydrogen) atoms.